The largest absolute Gasteiger partial charge is 0.289 e. The maximum Gasteiger partial charge on any atom is 0.186 e. The highest BCUT2D eigenvalue weighted by Crippen LogP contribution is 2.43. The molecule has 0 aromatic heterocycles. The first-order valence-electron chi connectivity index (χ1n) is 9.41. The van der Waals surface area contributed by atoms with Crippen LogP contribution in [0.5, 0.6) is 0 Å². The van der Waals surface area contributed by atoms with Crippen molar-refractivity contribution in [1.29, 1.82) is 0 Å². The summed E-state index contributed by atoms with van der Waals surface area (Å²) in [5, 5.41) is 3.53. The lowest BCUT2D eigenvalue weighted by molar-refractivity contribution is 0.107. The van der Waals surface area contributed by atoms with Crippen LogP contribution in [0.4, 0.5) is 0 Å². The van der Waals surface area contributed by atoms with Gasteiger partial charge in [-0.1, -0.05) is 103 Å². The predicted octanol–water partition coefficient (Wildman–Crippen LogP) is 5.27. The van der Waals surface area contributed by atoms with Gasteiger partial charge in [-0.25, -0.2) is 0 Å². The number of rotatable bonds is 5. The number of ketones is 1. The van der Waals surface area contributed by atoms with Crippen molar-refractivity contribution < 1.29 is 4.79 Å². The molecule has 29 heavy (non-hydrogen) atoms. The van der Waals surface area contributed by atoms with Gasteiger partial charge >= 0.3 is 0 Å². The summed E-state index contributed by atoms with van der Waals surface area (Å²) in [6.07, 6.45) is 0. The lowest BCUT2D eigenvalue weighted by atomic mass is 10.2. The summed E-state index contributed by atoms with van der Waals surface area (Å²) < 4.78 is 1.12. The number of carbonyl (C=O) groups excluding carboxylic acids is 1. The van der Waals surface area contributed by atoms with Gasteiger partial charge in [-0.05, 0) is 63.3 Å². The van der Waals surface area contributed by atoms with Crippen molar-refractivity contribution in [2.24, 2.45) is 0 Å². The molecule has 0 radical (unpaired) electrons. The zero-order valence-electron chi connectivity index (χ0n) is 15.8. The first-order chi connectivity index (χ1) is 14.2. The average molecular weight is 506 g/mol. The van der Waals surface area contributed by atoms with Crippen LogP contribution in [0.2, 0.25) is 0 Å². The fourth-order valence-electron chi connectivity index (χ4n) is 3.52. The Balaban J connectivity index is 2.05. The molecule has 0 N–H and O–H groups in total. The van der Waals surface area contributed by atoms with Crippen molar-refractivity contribution in [2.45, 2.75) is 0 Å². The Morgan fingerprint density at radius 1 is 0.586 bits per heavy atom. The first kappa shape index (κ1) is 19.9. The van der Waals surface area contributed by atoms with E-state index in [4.69, 9.17) is 0 Å². The summed E-state index contributed by atoms with van der Waals surface area (Å²) in [7, 11) is 0. The average Bonchev–Trinajstić information content (AvgIpc) is 2.79. The molecule has 0 bridgehead atoms. The molecule has 142 valence electrons. The Hall–Kier alpha value is -2.42. The Bertz CT molecular complexity index is 1050. The number of hydrogen-bond acceptors (Lipinski definition) is 1. The van der Waals surface area contributed by atoms with Crippen molar-refractivity contribution in [1.82, 2.24) is 0 Å². The molecule has 0 atom stereocenters. The van der Waals surface area contributed by atoms with Crippen LogP contribution in [0, 0.1) is 3.57 Å². The third-order valence-electron chi connectivity index (χ3n) is 4.93. The molecular formula is C26H20IOP. The molecule has 4 aromatic carbocycles. The van der Waals surface area contributed by atoms with Gasteiger partial charge in [0.2, 0.25) is 0 Å². The highest BCUT2D eigenvalue weighted by atomic mass is 127. The molecule has 0 fully saturated rings. The third-order valence-corrected chi connectivity index (χ3v) is 9.61. The fourth-order valence-corrected chi connectivity index (χ4v) is 7.65. The lowest BCUT2D eigenvalue weighted by Crippen LogP contribution is -2.28. The third kappa shape index (κ3) is 4.14. The maximum atomic E-state index is 13.5. The van der Waals surface area contributed by atoms with Crippen LogP contribution < -0.4 is 15.9 Å². The number of hydrogen-bond donors (Lipinski definition) is 0. The molecule has 0 aliphatic heterocycles. The molecule has 3 heteroatoms. The Labute approximate surface area is 185 Å². The van der Waals surface area contributed by atoms with Crippen molar-refractivity contribution >= 4 is 57.0 Å². The van der Waals surface area contributed by atoms with Gasteiger partial charge in [0.25, 0.3) is 0 Å². The van der Waals surface area contributed by atoms with E-state index in [9.17, 15) is 4.79 Å². The zero-order valence-corrected chi connectivity index (χ0v) is 18.8. The molecular weight excluding hydrogens is 486 g/mol. The summed E-state index contributed by atoms with van der Waals surface area (Å²) in [4.78, 5) is 13.5. The number of benzene rings is 4. The molecule has 1 nitrogen and oxygen atoms in total. The van der Waals surface area contributed by atoms with Gasteiger partial charge in [0.15, 0.2) is 5.78 Å². The standard InChI is InChI=1S/C26H20IOP/c27-22-18-16-21(17-19-22)26(28)20-29(23-10-4-1-5-11-23,24-12-6-2-7-13-24)25-14-8-3-9-15-25/h1-20H. The van der Waals surface area contributed by atoms with Crippen molar-refractivity contribution in [3.63, 3.8) is 0 Å². The van der Waals surface area contributed by atoms with Gasteiger partial charge in [-0.3, -0.25) is 4.79 Å². The van der Waals surface area contributed by atoms with E-state index < -0.39 is 6.89 Å². The predicted molar refractivity (Wildman–Crippen MR) is 135 cm³/mol. The van der Waals surface area contributed by atoms with E-state index in [-0.39, 0.29) is 5.78 Å². The van der Waals surface area contributed by atoms with Gasteiger partial charge in [0.1, 0.15) is 0 Å². The molecule has 4 aromatic rings. The van der Waals surface area contributed by atoms with Gasteiger partial charge in [-0.2, -0.15) is 0 Å². The summed E-state index contributed by atoms with van der Waals surface area (Å²) in [6.45, 7) is -2.26. The van der Waals surface area contributed by atoms with E-state index >= 15 is 0 Å². The summed E-state index contributed by atoms with van der Waals surface area (Å²) in [5.41, 5.74) is 0.720. The van der Waals surface area contributed by atoms with E-state index in [2.05, 4.69) is 95.4 Å². The smallest absolute Gasteiger partial charge is 0.186 e. The van der Waals surface area contributed by atoms with Crippen molar-refractivity contribution in [3.8, 4) is 0 Å². The Morgan fingerprint density at radius 3 is 1.34 bits per heavy atom. The molecule has 0 unspecified atom stereocenters. The van der Waals surface area contributed by atoms with Crippen LogP contribution in [-0.2, 0) is 0 Å². The quantitative estimate of drug-likeness (QED) is 0.205. The van der Waals surface area contributed by atoms with Crippen LogP contribution in [0.15, 0.2) is 115 Å². The minimum atomic E-state index is -2.26. The molecule has 0 heterocycles. The minimum absolute atomic E-state index is 0.0614. The normalized spacial score (nSPS) is 11.1. The Morgan fingerprint density at radius 2 is 0.966 bits per heavy atom. The lowest BCUT2D eigenvalue weighted by Gasteiger charge is -2.28. The van der Waals surface area contributed by atoms with Crippen LogP contribution in [0.3, 0.4) is 0 Å². The molecule has 0 amide bonds. The first-order valence-corrected chi connectivity index (χ1v) is 12.4. The molecule has 0 spiro atoms. The van der Waals surface area contributed by atoms with Gasteiger partial charge < -0.3 is 0 Å². The summed E-state index contributed by atoms with van der Waals surface area (Å²) in [6, 6.07) is 39.1. The molecule has 0 saturated heterocycles. The molecule has 0 saturated carbocycles. The SMILES string of the molecule is O=C(C=P(c1ccccc1)(c1ccccc1)c1ccccc1)c1ccc(I)cc1. The number of carbonyl (C=O) groups is 1. The number of halogens is 1. The monoisotopic (exact) mass is 506 g/mol. The van der Waals surface area contributed by atoms with E-state index in [1.165, 1.54) is 15.9 Å². The van der Waals surface area contributed by atoms with E-state index in [1.807, 2.05) is 48.3 Å². The van der Waals surface area contributed by atoms with Crippen LogP contribution in [0.25, 0.3) is 0 Å². The van der Waals surface area contributed by atoms with Crippen LogP contribution in [-0.4, -0.2) is 11.6 Å². The fraction of sp³-hybridized carbons (Fsp3) is 0. The summed E-state index contributed by atoms with van der Waals surface area (Å²) >= 11 is 2.26. The summed E-state index contributed by atoms with van der Waals surface area (Å²) in [5.74, 6) is 2.04. The van der Waals surface area contributed by atoms with E-state index in [0.29, 0.717) is 0 Å². The zero-order chi connectivity index (χ0) is 20.1. The van der Waals surface area contributed by atoms with E-state index in [0.717, 1.165) is 9.13 Å². The highest BCUT2D eigenvalue weighted by Gasteiger charge is 2.26. The minimum Gasteiger partial charge on any atom is -0.289 e. The second-order valence-electron chi connectivity index (χ2n) is 6.73. The van der Waals surface area contributed by atoms with Gasteiger partial charge in [-0.15, -0.1) is 0 Å². The van der Waals surface area contributed by atoms with Crippen molar-refractivity contribution in [2.75, 3.05) is 0 Å². The molecule has 4 rings (SSSR count). The topological polar surface area (TPSA) is 17.1 Å². The molecule has 0 aliphatic rings. The number of Topliss-reactive ketones (excluding diaryl/α,β-unsaturated/α-hetero) is 1. The van der Waals surface area contributed by atoms with Crippen LogP contribution >= 0.6 is 29.5 Å². The van der Waals surface area contributed by atoms with E-state index in [1.54, 1.807) is 0 Å². The maximum absolute atomic E-state index is 13.5. The second-order valence-corrected chi connectivity index (χ2v) is 11.2. The Kier molecular flexibility index (Phi) is 6.13. The second kappa shape index (κ2) is 8.94. The van der Waals surface area contributed by atoms with Gasteiger partial charge in [0.05, 0.1) is 0 Å². The van der Waals surface area contributed by atoms with Crippen molar-refractivity contribution in [3.05, 3.63) is 124 Å². The van der Waals surface area contributed by atoms with Gasteiger partial charge in [0, 0.05) is 9.13 Å². The highest BCUT2D eigenvalue weighted by molar-refractivity contribution is 14.1. The van der Waals surface area contributed by atoms with Crippen LogP contribution in [0.1, 0.15) is 10.4 Å². The molecule has 0 aliphatic carbocycles.